The van der Waals surface area contributed by atoms with Gasteiger partial charge < -0.3 is 10.4 Å². The molecule has 0 spiro atoms. The molecule has 0 atom stereocenters. The average Bonchev–Trinajstić information content (AvgIpc) is 2.96. The fourth-order valence-corrected chi connectivity index (χ4v) is 2.91. The Morgan fingerprint density at radius 2 is 2.22 bits per heavy atom. The van der Waals surface area contributed by atoms with Gasteiger partial charge in [0.1, 0.15) is 0 Å². The van der Waals surface area contributed by atoms with Crippen LogP contribution in [0.25, 0.3) is 10.2 Å². The Morgan fingerprint density at radius 3 is 3.00 bits per heavy atom. The van der Waals surface area contributed by atoms with E-state index < -0.39 is 5.97 Å². The van der Waals surface area contributed by atoms with Crippen molar-refractivity contribution in [1.82, 2.24) is 9.97 Å². The number of aromatic nitrogens is 2. The number of carbonyl (C=O) groups is 1. The van der Waals surface area contributed by atoms with Gasteiger partial charge in [-0.15, -0.1) is 22.7 Å². The minimum Gasteiger partial charge on any atom is -0.476 e. The van der Waals surface area contributed by atoms with Gasteiger partial charge in [-0.1, -0.05) is 0 Å². The van der Waals surface area contributed by atoms with Crippen molar-refractivity contribution in [3.63, 3.8) is 0 Å². The monoisotopic (exact) mass is 277 g/mol. The van der Waals surface area contributed by atoms with Crippen LogP contribution < -0.4 is 5.32 Å². The summed E-state index contributed by atoms with van der Waals surface area (Å²) in [5.74, 6) is -1.02. The second-order valence-electron chi connectivity index (χ2n) is 3.50. The third kappa shape index (κ3) is 2.05. The van der Waals surface area contributed by atoms with Crippen LogP contribution in [-0.4, -0.2) is 21.0 Å². The zero-order chi connectivity index (χ0) is 12.5. The molecule has 3 aromatic rings. The summed E-state index contributed by atoms with van der Waals surface area (Å²) in [6.07, 6.45) is 0. The number of nitrogens with one attached hydrogen (secondary N) is 1. The number of rotatable bonds is 3. The van der Waals surface area contributed by atoms with Gasteiger partial charge in [0.15, 0.2) is 10.8 Å². The van der Waals surface area contributed by atoms with E-state index in [-0.39, 0.29) is 5.69 Å². The molecule has 0 fully saturated rings. The number of fused-ring (bicyclic) bond motifs is 1. The minimum atomic E-state index is -1.02. The first-order valence-corrected chi connectivity index (χ1v) is 6.77. The summed E-state index contributed by atoms with van der Waals surface area (Å²) in [7, 11) is 0. The molecule has 0 aliphatic rings. The Morgan fingerprint density at radius 1 is 1.33 bits per heavy atom. The summed E-state index contributed by atoms with van der Waals surface area (Å²) in [4.78, 5) is 18.9. The number of hydrogen-bond donors (Lipinski definition) is 2. The maximum atomic E-state index is 10.7. The highest BCUT2D eigenvalue weighted by Gasteiger charge is 2.08. The van der Waals surface area contributed by atoms with Crippen molar-refractivity contribution in [3.8, 4) is 0 Å². The van der Waals surface area contributed by atoms with Crippen LogP contribution in [0.1, 0.15) is 10.5 Å². The molecule has 0 unspecified atom stereocenters. The summed E-state index contributed by atoms with van der Waals surface area (Å²) >= 11 is 2.82. The average molecular weight is 277 g/mol. The molecular formula is C11H7N3O2S2. The molecule has 2 aromatic heterocycles. The molecule has 2 N–H and O–H groups in total. The van der Waals surface area contributed by atoms with Crippen molar-refractivity contribution in [2.75, 3.05) is 5.32 Å². The molecule has 0 aliphatic heterocycles. The number of thiazole rings is 2. The van der Waals surface area contributed by atoms with Crippen LogP contribution in [0, 0.1) is 0 Å². The summed E-state index contributed by atoms with van der Waals surface area (Å²) in [6.45, 7) is 0. The van der Waals surface area contributed by atoms with Crippen LogP contribution >= 0.6 is 22.7 Å². The molecule has 0 saturated carbocycles. The maximum Gasteiger partial charge on any atom is 0.355 e. The van der Waals surface area contributed by atoms with Crippen LogP contribution in [0.3, 0.4) is 0 Å². The van der Waals surface area contributed by atoms with E-state index in [0.717, 1.165) is 15.9 Å². The predicted molar refractivity (Wildman–Crippen MR) is 72.0 cm³/mol. The Balaban J connectivity index is 1.88. The van der Waals surface area contributed by atoms with Gasteiger partial charge in [-0.3, -0.25) is 0 Å². The molecule has 5 nitrogen and oxygen atoms in total. The fraction of sp³-hybridized carbons (Fsp3) is 0. The van der Waals surface area contributed by atoms with E-state index in [1.54, 1.807) is 16.8 Å². The first-order valence-electron chi connectivity index (χ1n) is 5.01. The molecule has 18 heavy (non-hydrogen) atoms. The molecule has 7 heteroatoms. The van der Waals surface area contributed by atoms with E-state index in [1.165, 1.54) is 16.7 Å². The number of carboxylic acid groups (broad SMARTS) is 1. The number of nitrogens with zero attached hydrogens (tertiary/aromatic N) is 2. The Kier molecular flexibility index (Phi) is 2.69. The molecule has 1 aromatic carbocycles. The fourth-order valence-electron chi connectivity index (χ4n) is 1.49. The summed E-state index contributed by atoms with van der Waals surface area (Å²) < 4.78 is 1.08. The van der Waals surface area contributed by atoms with Gasteiger partial charge in [-0.2, -0.15) is 0 Å². The van der Waals surface area contributed by atoms with Crippen LogP contribution in [0.15, 0.2) is 29.1 Å². The van der Waals surface area contributed by atoms with Crippen molar-refractivity contribution in [3.05, 3.63) is 34.8 Å². The van der Waals surface area contributed by atoms with E-state index >= 15 is 0 Å². The van der Waals surface area contributed by atoms with E-state index in [2.05, 4.69) is 15.3 Å². The Labute approximate surface area is 110 Å². The molecule has 3 rings (SSSR count). The summed E-state index contributed by atoms with van der Waals surface area (Å²) in [5, 5.41) is 13.9. The van der Waals surface area contributed by atoms with Gasteiger partial charge in [-0.05, 0) is 18.2 Å². The van der Waals surface area contributed by atoms with Gasteiger partial charge in [0.05, 0.1) is 15.7 Å². The second kappa shape index (κ2) is 4.35. The maximum absolute atomic E-state index is 10.7. The molecule has 0 saturated heterocycles. The number of hydrogen-bond acceptors (Lipinski definition) is 6. The lowest BCUT2D eigenvalue weighted by molar-refractivity contribution is 0.0691. The second-order valence-corrected chi connectivity index (χ2v) is 5.25. The highest BCUT2D eigenvalue weighted by atomic mass is 32.1. The number of anilines is 2. The minimum absolute atomic E-state index is 0.0568. The van der Waals surface area contributed by atoms with Crippen molar-refractivity contribution in [1.29, 1.82) is 0 Å². The van der Waals surface area contributed by atoms with Crippen LogP contribution in [0.5, 0.6) is 0 Å². The Hall–Kier alpha value is -1.99. The largest absolute Gasteiger partial charge is 0.476 e. The molecule has 90 valence electrons. The highest BCUT2D eigenvalue weighted by molar-refractivity contribution is 7.16. The lowest BCUT2D eigenvalue weighted by Crippen LogP contribution is -1.97. The van der Waals surface area contributed by atoms with E-state index in [0.29, 0.717) is 5.13 Å². The van der Waals surface area contributed by atoms with Gasteiger partial charge in [0, 0.05) is 11.1 Å². The molecular weight excluding hydrogens is 270 g/mol. The van der Waals surface area contributed by atoms with Gasteiger partial charge in [0.25, 0.3) is 0 Å². The topological polar surface area (TPSA) is 75.1 Å². The van der Waals surface area contributed by atoms with E-state index in [1.807, 2.05) is 18.2 Å². The normalized spacial score (nSPS) is 10.7. The van der Waals surface area contributed by atoms with E-state index in [9.17, 15) is 4.79 Å². The highest BCUT2D eigenvalue weighted by Crippen LogP contribution is 2.25. The summed E-state index contributed by atoms with van der Waals surface area (Å²) in [6, 6.07) is 5.78. The smallest absolute Gasteiger partial charge is 0.355 e. The molecule has 0 aliphatic carbocycles. The molecule has 0 radical (unpaired) electrons. The van der Waals surface area contributed by atoms with Crippen LogP contribution in [-0.2, 0) is 0 Å². The van der Waals surface area contributed by atoms with Crippen molar-refractivity contribution in [2.45, 2.75) is 0 Å². The third-order valence-electron chi connectivity index (χ3n) is 2.31. The third-order valence-corrected chi connectivity index (χ3v) is 3.86. The zero-order valence-corrected chi connectivity index (χ0v) is 10.6. The van der Waals surface area contributed by atoms with E-state index in [4.69, 9.17) is 5.11 Å². The SMILES string of the molecule is O=C(O)c1csc(Nc2ccc3ncsc3c2)n1. The Bertz CT molecular complexity index is 720. The number of benzene rings is 1. The lowest BCUT2D eigenvalue weighted by atomic mass is 10.3. The lowest BCUT2D eigenvalue weighted by Gasteiger charge is -2.01. The van der Waals surface area contributed by atoms with Crippen LogP contribution in [0.4, 0.5) is 10.8 Å². The van der Waals surface area contributed by atoms with Crippen molar-refractivity contribution >= 4 is 49.7 Å². The van der Waals surface area contributed by atoms with Gasteiger partial charge >= 0.3 is 5.97 Å². The molecule has 0 bridgehead atoms. The summed E-state index contributed by atoms with van der Waals surface area (Å²) in [5.41, 5.74) is 3.68. The number of aromatic carboxylic acids is 1. The van der Waals surface area contributed by atoms with Gasteiger partial charge in [-0.25, -0.2) is 14.8 Å². The first-order chi connectivity index (χ1) is 8.72. The van der Waals surface area contributed by atoms with Gasteiger partial charge in [0.2, 0.25) is 0 Å². The van der Waals surface area contributed by atoms with Crippen LogP contribution in [0.2, 0.25) is 0 Å². The number of carboxylic acids is 1. The zero-order valence-electron chi connectivity index (χ0n) is 8.95. The van der Waals surface area contributed by atoms with Crippen molar-refractivity contribution in [2.24, 2.45) is 0 Å². The van der Waals surface area contributed by atoms with Crippen molar-refractivity contribution < 1.29 is 9.90 Å². The molecule has 2 heterocycles. The molecule has 0 amide bonds. The quantitative estimate of drug-likeness (QED) is 0.769. The first kappa shape index (κ1) is 11.1. The predicted octanol–water partition coefficient (Wildman–Crippen LogP) is 3.19. The standard InChI is InChI=1S/C11H7N3O2S2/c15-10(16)8-4-17-11(14-8)13-6-1-2-7-9(3-6)18-5-12-7/h1-5H,(H,13,14)(H,15,16).